The first kappa shape index (κ1) is 8.23. The molecule has 0 fully saturated rings. The van der Waals surface area contributed by atoms with Gasteiger partial charge in [-0.05, 0) is 12.1 Å². The van der Waals surface area contributed by atoms with E-state index < -0.39 is 0 Å². The van der Waals surface area contributed by atoms with Crippen molar-refractivity contribution in [3.8, 4) is 0 Å². The number of hydrogen-bond acceptors (Lipinski definition) is 3. The van der Waals surface area contributed by atoms with E-state index in [9.17, 15) is 0 Å². The number of aromatic nitrogens is 1. The number of rotatable bonds is 3. The van der Waals surface area contributed by atoms with E-state index in [2.05, 4.69) is 4.98 Å². The number of nitrogens with zero attached hydrogens (tertiary/aromatic N) is 1. The maximum atomic E-state index is 5.00. The normalized spacial score (nSPS) is 9.64. The second kappa shape index (κ2) is 4.11. The van der Waals surface area contributed by atoms with Crippen LogP contribution >= 0.6 is 0 Å². The largest absolute Gasteiger partial charge is 0.513 e. The first-order valence-electron chi connectivity index (χ1n) is 3.35. The van der Waals surface area contributed by atoms with Gasteiger partial charge in [-0.25, -0.2) is 0 Å². The van der Waals surface area contributed by atoms with E-state index in [-0.39, 0.29) is 7.12 Å². The summed E-state index contributed by atoms with van der Waals surface area (Å²) in [5.41, 5.74) is 0.789. The van der Waals surface area contributed by atoms with Gasteiger partial charge in [0.25, 0.3) is 0 Å². The first-order valence-corrected chi connectivity index (χ1v) is 3.35. The van der Waals surface area contributed by atoms with E-state index in [1.54, 1.807) is 20.4 Å². The molecule has 1 aromatic rings. The minimum Gasteiger partial charge on any atom is -0.409 e. The lowest BCUT2D eigenvalue weighted by atomic mass is 9.84. The standard InChI is InChI=1S/C7H10BNO2/c1-10-8(11-2)7-5-3-4-6-9-7/h3-6H,1-2H3. The van der Waals surface area contributed by atoms with Crippen LogP contribution in [-0.4, -0.2) is 26.3 Å². The monoisotopic (exact) mass is 151 g/mol. The van der Waals surface area contributed by atoms with Crippen molar-refractivity contribution in [1.82, 2.24) is 4.98 Å². The van der Waals surface area contributed by atoms with Crippen LogP contribution in [0.1, 0.15) is 0 Å². The van der Waals surface area contributed by atoms with Crippen molar-refractivity contribution in [1.29, 1.82) is 0 Å². The molecule has 1 rings (SSSR count). The van der Waals surface area contributed by atoms with Crippen LogP contribution in [0.2, 0.25) is 0 Å². The maximum Gasteiger partial charge on any atom is 0.513 e. The molecule has 58 valence electrons. The highest BCUT2D eigenvalue weighted by Gasteiger charge is 2.18. The molecular formula is C7H10BNO2. The molecule has 0 bridgehead atoms. The summed E-state index contributed by atoms with van der Waals surface area (Å²) >= 11 is 0. The van der Waals surface area contributed by atoms with Crippen LogP contribution in [0.5, 0.6) is 0 Å². The second-order valence-electron chi connectivity index (χ2n) is 2.06. The van der Waals surface area contributed by atoms with E-state index in [1.165, 1.54) is 0 Å². The fourth-order valence-electron chi connectivity index (χ4n) is 0.853. The Bertz CT molecular complexity index is 201. The van der Waals surface area contributed by atoms with E-state index in [1.807, 2.05) is 18.2 Å². The summed E-state index contributed by atoms with van der Waals surface area (Å²) in [6.07, 6.45) is 1.71. The van der Waals surface area contributed by atoms with Crippen LogP contribution in [0, 0.1) is 0 Å². The summed E-state index contributed by atoms with van der Waals surface area (Å²) in [5.74, 6) is 0. The van der Waals surface area contributed by atoms with Crippen LogP contribution < -0.4 is 5.59 Å². The highest BCUT2D eigenvalue weighted by molar-refractivity contribution is 6.60. The van der Waals surface area contributed by atoms with Gasteiger partial charge in [0.1, 0.15) is 0 Å². The van der Waals surface area contributed by atoms with Crippen LogP contribution in [0.3, 0.4) is 0 Å². The summed E-state index contributed by atoms with van der Waals surface area (Å²) < 4.78 is 10.0. The molecule has 0 aliphatic rings. The van der Waals surface area contributed by atoms with Crippen molar-refractivity contribution in [2.75, 3.05) is 14.2 Å². The Morgan fingerprint density at radius 1 is 1.27 bits per heavy atom. The van der Waals surface area contributed by atoms with Gasteiger partial charge < -0.3 is 9.31 Å². The average Bonchev–Trinajstić information content (AvgIpc) is 2.09. The van der Waals surface area contributed by atoms with Gasteiger partial charge in [-0.2, -0.15) is 0 Å². The lowest BCUT2D eigenvalue weighted by Crippen LogP contribution is -2.36. The molecule has 0 unspecified atom stereocenters. The zero-order valence-corrected chi connectivity index (χ0v) is 6.65. The van der Waals surface area contributed by atoms with Crippen molar-refractivity contribution in [3.05, 3.63) is 24.4 Å². The molecule has 0 amide bonds. The number of pyridine rings is 1. The Morgan fingerprint density at radius 2 is 2.00 bits per heavy atom. The van der Waals surface area contributed by atoms with Crippen LogP contribution in [-0.2, 0) is 9.31 Å². The topological polar surface area (TPSA) is 31.4 Å². The third-order valence-electron chi connectivity index (χ3n) is 1.36. The van der Waals surface area contributed by atoms with Gasteiger partial charge in [-0.3, -0.25) is 4.98 Å². The quantitative estimate of drug-likeness (QED) is 0.572. The summed E-state index contributed by atoms with van der Waals surface area (Å²) in [7, 11) is 2.82. The molecule has 1 heterocycles. The summed E-state index contributed by atoms with van der Waals surface area (Å²) in [6, 6.07) is 5.61. The first-order chi connectivity index (χ1) is 5.38. The molecule has 0 saturated carbocycles. The molecule has 3 nitrogen and oxygen atoms in total. The van der Waals surface area contributed by atoms with Crippen LogP contribution in [0.25, 0.3) is 0 Å². The van der Waals surface area contributed by atoms with Crippen molar-refractivity contribution in [2.45, 2.75) is 0 Å². The molecule has 4 heteroatoms. The fraction of sp³-hybridized carbons (Fsp3) is 0.286. The molecule has 11 heavy (non-hydrogen) atoms. The molecule has 0 aliphatic heterocycles. The predicted octanol–water partition coefficient (Wildman–Crippen LogP) is 0.0696. The molecule has 0 N–H and O–H groups in total. The predicted molar refractivity (Wildman–Crippen MR) is 43.6 cm³/mol. The Kier molecular flexibility index (Phi) is 3.07. The summed E-state index contributed by atoms with van der Waals surface area (Å²) in [4.78, 5) is 4.07. The molecule has 0 radical (unpaired) electrons. The van der Waals surface area contributed by atoms with Gasteiger partial charge in [0, 0.05) is 20.4 Å². The Balaban J connectivity index is 2.74. The Hall–Kier alpha value is -0.865. The molecule has 1 aromatic heterocycles. The lowest BCUT2D eigenvalue weighted by molar-refractivity contribution is 0.291. The van der Waals surface area contributed by atoms with Gasteiger partial charge in [-0.1, -0.05) is 6.07 Å². The fourth-order valence-corrected chi connectivity index (χ4v) is 0.853. The van der Waals surface area contributed by atoms with Crippen molar-refractivity contribution in [2.24, 2.45) is 0 Å². The summed E-state index contributed by atoms with van der Waals surface area (Å²) in [6.45, 7) is 0. The zero-order valence-electron chi connectivity index (χ0n) is 6.65. The van der Waals surface area contributed by atoms with Crippen molar-refractivity contribution < 1.29 is 9.31 Å². The molecule has 0 aromatic carbocycles. The van der Waals surface area contributed by atoms with E-state index in [0.717, 1.165) is 5.59 Å². The van der Waals surface area contributed by atoms with Crippen LogP contribution in [0.4, 0.5) is 0 Å². The lowest BCUT2D eigenvalue weighted by Gasteiger charge is -2.05. The average molecular weight is 151 g/mol. The Morgan fingerprint density at radius 3 is 2.45 bits per heavy atom. The van der Waals surface area contributed by atoms with Gasteiger partial charge in [0.2, 0.25) is 0 Å². The molecule has 0 atom stereocenters. The van der Waals surface area contributed by atoms with Gasteiger partial charge in [-0.15, -0.1) is 0 Å². The minimum absolute atomic E-state index is 0.351. The maximum absolute atomic E-state index is 5.00. The molecule has 0 aliphatic carbocycles. The van der Waals surface area contributed by atoms with Gasteiger partial charge in [0.15, 0.2) is 0 Å². The van der Waals surface area contributed by atoms with E-state index in [0.29, 0.717) is 0 Å². The highest BCUT2D eigenvalue weighted by Crippen LogP contribution is 1.85. The van der Waals surface area contributed by atoms with Crippen molar-refractivity contribution in [3.63, 3.8) is 0 Å². The van der Waals surface area contributed by atoms with Crippen LogP contribution in [0.15, 0.2) is 24.4 Å². The summed E-state index contributed by atoms with van der Waals surface area (Å²) in [5, 5.41) is 0. The second-order valence-corrected chi connectivity index (χ2v) is 2.06. The molecule has 0 spiro atoms. The SMILES string of the molecule is COB(OC)c1ccccn1. The number of hydrogen-bond donors (Lipinski definition) is 0. The van der Waals surface area contributed by atoms with Crippen molar-refractivity contribution >= 4 is 12.7 Å². The van der Waals surface area contributed by atoms with E-state index >= 15 is 0 Å². The third kappa shape index (κ3) is 2.03. The molecular weight excluding hydrogens is 141 g/mol. The Labute approximate surface area is 66.5 Å². The molecule has 0 saturated heterocycles. The zero-order chi connectivity index (χ0) is 8.10. The van der Waals surface area contributed by atoms with Gasteiger partial charge in [0.05, 0.1) is 5.59 Å². The highest BCUT2D eigenvalue weighted by atomic mass is 16.6. The van der Waals surface area contributed by atoms with Gasteiger partial charge >= 0.3 is 7.12 Å². The smallest absolute Gasteiger partial charge is 0.409 e. The third-order valence-corrected chi connectivity index (χ3v) is 1.36. The minimum atomic E-state index is -0.351. The van der Waals surface area contributed by atoms with E-state index in [4.69, 9.17) is 9.31 Å².